The molecular weight excluding hydrogens is 290 g/mol. The third-order valence-electron chi connectivity index (χ3n) is 3.82. The third kappa shape index (κ3) is 4.65. The molecule has 1 atom stereocenters. The molecule has 2 rings (SSSR count). The molecule has 0 fully saturated rings. The predicted octanol–water partition coefficient (Wildman–Crippen LogP) is 2.76. The average molecular weight is 315 g/mol. The molecule has 0 saturated heterocycles. The number of para-hydroxylation sites is 1. The van der Waals surface area contributed by atoms with E-state index < -0.39 is 6.04 Å². The van der Waals surface area contributed by atoms with Crippen LogP contribution in [0, 0.1) is 5.41 Å². The molecule has 1 unspecified atom stereocenters. The Morgan fingerprint density at radius 2 is 1.91 bits per heavy atom. The molecule has 1 N–H and O–H groups in total. The molecule has 5 nitrogen and oxygen atoms in total. The lowest BCUT2D eigenvalue weighted by molar-refractivity contribution is -0.118. The van der Waals surface area contributed by atoms with Crippen molar-refractivity contribution >= 4 is 23.1 Å². The molecule has 0 radical (unpaired) electrons. The molecule has 0 bridgehead atoms. The Balaban J connectivity index is 2.08. The first-order valence-corrected chi connectivity index (χ1v) is 7.98. The number of anilines is 1. The fourth-order valence-corrected chi connectivity index (χ4v) is 2.44. The van der Waals surface area contributed by atoms with Crippen LogP contribution in [0.1, 0.15) is 40.5 Å². The van der Waals surface area contributed by atoms with Crippen molar-refractivity contribution in [2.45, 2.75) is 46.6 Å². The molecule has 0 aromatic heterocycles. The normalized spacial score (nSPS) is 17.8. The van der Waals surface area contributed by atoms with Gasteiger partial charge in [0.05, 0.1) is 5.69 Å². The molecule has 1 aliphatic rings. The highest BCUT2D eigenvalue weighted by molar-refractivity contribution is 6.40. The van der Waals surface area contributed by atoms with Crippen molar-refractivity contribution in [2.75, 3.05) is 11.6 Å². The van der Waals surface area contributed by atoms with Crippen LogP contribution >= 0.6 is 0 Å². The minimum absolute atomic E-state index is 0.00935. The number of hydrogen-bond donors (Lipinski definition) is 1. The summed E-state index contributed by atoms with van der Waals surface area (Å²) in [5.41, 5.74) is 1.41. The highest BCUT2D eigenvalue weighted by Gasteiger charge is 2.34. The number of benzene rings is 1. The fraction of sp³-hybridized carbons (Fsp3) is 0.500. The van der Waals surface area contributed by atoms with Gasteiger partial charge in [-0.3, -0.25) is 14.6 Å². The van der Waals surface area contributed by atoms with E-state index in [2.05, 4.69) is 31.2 Å². The smallest absolute Gasteiger partial charge is 0.267 e. The van der Waals surface area contributed by atoms with Crippen molar-refractivity contribution in [2.24, 2.45) is 10.5 Å². The molecule has 0 saturated carbocycles. The molecule has 1 heterocycles. The Hall–Kier alpha value is -2.17. The van der Waals surface area contributed by atoms with E-state index in [1.165, 1.54) is 6.92 Å². The van der Waals surface area contributed by atoms with Crippen LogP contribution in [0.25, 0.3) is 0 Å². The number of nitrogens with zero attached hydrogens (tertiary/aromatic N) is 2. The lowest BCUT2D eigenvalue weighted by Gasteiger charge is -2.20. The number of hydrogen-bond acceptors (Lipinski definition) is 4. The second-order valence-electron chi connectivity index (χ2n) is 7.12. The van der Waals surface area contributed by atoms with Crippen molar-refractivity contribution in [3.63, 3.8) is 0 Å². The molecule has 1 aromatic rings. The molecular formula is C18H25N3O2. The van der Waals surface area contributed by atoms with Crippen LogP contribution < -0.4 is 10.3 Å². The summed E-state index contributed by atoms with van der Waals surface area (Å²) < 4.78 is 0. The zero-order valence-electron chi connectivity index (χ0n) is 14.3. The van der Waals surface area contributed by atoms with Crippen molar-refractivity contribution in [3.8, 4) is 0 Å². The van der Waals surface area contributed by atoms with Crippen molar-refractivity contribution in [1.82, 2.24) is 5.32 Å². The first kappa shape index (κ1) is 17.2. The van der Waals surface area contributed by atoms with E-state index in [-0.39, 0.29) is 17.1 Å². The Bertz CT molecular complexity index is 602. The third-order valence-corrected chi connectivity index (χ3v) is 3.82. The van der Waals surface area contributed by atoms with E-state index in [0.717, 1.165) is 12.1 Å². The summed E-state index contributed by atoms with van der Waals surface area (Å²) in [6.45, 7) is 8.55. The van der Waals surface area contributed by atoms with E-state index in [1.54, 1.807) is 5.01 Å². The van der Waals surface area contributed by atoms with E-state index >= 15 is 0 Å². The summed E-state index contributed by atoms with van der Waals surface area (Å²) in [4.78, 5) is 24.2. The molecule has 1 amide bonds. The fourth-order valence-electron chi connectivity index (χ4n) is 2.44. The van der Waals surface area contributed by atoms with Crippen molar-refractivity contribution < 1.29 is 9.59 Å². The Morgan fingerprint density at radius 3 is 2.48 bits per heavy atom. The van der Waals surface area contributed by atoms with Gasteiger partial charge >= 0.3 is 0 Å². The van der Waals surface area contributed by atoms with Crippen molar-refractivity contribution in [3.05, 3.63) is 30.3 Å². The number of Topliss-reactive ketones (excluding diaryl/α,β-unsaturated/α-hetero) is 1. The molecule has 23 heavy (non-hydrogen) atoms. The number of carbonyl (C=O) groups excluding carboxylic acids is 2. The molecule has 1 aliphatic heterocycles. The minimum atomic E-state index is -0.402. The van der Waals surface area contributed by atoms with Gasteiger partial charge in [-0.2, -0.15) is 5.10 Å². The summed E-state index contributed by atoms with van der Waals surface area (Å²) in [5.74, 6) is -0.172. The van der Waals surface area contributed by atoms with Crippen LogP contribution in [0.2, 0.25) is 0 Å². The van der Waals surface area contributed by atoms with Gasteiger partial charge in [0.2, 0.25) is 0 Å². The summed E-state index contributed by atoms with van der Waals surface area (Å²) >= 11 is 0. The van der Waals surface area contributed by atoms with Gasteiger partial charge in [-0.1, -0.05) is 39.0 Å². The summed E-state index contributed by atoms with van der Waals surface area (Å²) in [7, 11) is 0. The van der Waals surface area contributed by atoms with E-state index in [4.69, 9.17) is 0 Å². The Kier molecular flexibility index (Phi) is 5.19. The quantitative estimate of drug-likeness (QED) is 0.909. The maximum Gasteiger partial charge on any atom is 0.267 e. The number of ketones is 1. The van der Waals surface area contributed by atoms with E-state index in [9.17, 15) is 9.59 Å². The van der Waals surface area contributed by atoms with Gasteiger partial charge in [0.15, 0.2) is 5.78 Å². The van der Waals surface area contributed by atoms with Crippen LogP contribution in [-0.2, 0) is 9.59 Å². The number of carbonyl (C=O) groups is 2. The molecule has 124 valence electrons. The van der Waals surface area contributed by atoms with Gasteiger partial charge in [0.1, 0.15) is 11.8 Å². The lowest BCUT2D eigenvalue weighted by Crippen LogP contribution is -2.35. The maximum atomic E-state index is 12.3. The second-order valence-corrected chi connectivity index (χ2v) is 7.12. The van der Waals surface area contributed by atoms with Gasteiger partial charge in [-0.15, -0.1) is 0 Å². The van der Waals surface area contributed by atoms with Crippen molar-refractivity contribution in [1.29, 1.82) is 0 Å². The van der Waals surface area contributed by atoms with Crippen LogP contribution in [0.3, 0.4) is 0 Å². The highest BCUT2D eigenvalue weighted by Crippen LogP contribution is 2.25. The number of nitrogens with one attached hydrogen (secondary N) is 1. The molecule has 0 spiro atoms. The molecule has 1 aromatic carbocycles. The van der Waals surface area contributed by atoms with Gasteiger partial charge in [0, 0.05) is 13.0 Å². The first-order chi connectivity index (χ1) is 10.8. The van der Waals surface area contributed by atoms with Gasteiger partial charge in [-0.05, 0) is 30.9 Å². The first-order valence-electron chi connectivity index (χ1n) is 7.98. The summed E-state index contributed by atoms with van der Waals surface area (Å²) in [6.07, 6.45) is 1.25. The van der Waals surface area contributed by atoms with Crippen LogP contribution in [0.15, 0.2) is 35.4 Å². The number of rotatable bonds is 5. The number of hydrazone groups is 1. The SMILES string of the molecule is CC(=O)C1CC(C(=O)NCCC(C)(C)C)=NN1c1ccccc1. The zero-order valence-corrected chi connectivity index (χ0v) is 14.3. The largest absolute Gasteiger partial charge is 0.351 e. The van der Waals surface area contributed by atoms with Crippen LogP contribution in [0.4, 0.5) is 5.69 Å². The maximum absolute atomic E-state index is 12.3. The zero-order chi connectivity index (χ0) is 17.0. The minimum Gasteiger partial charge on any atom is -0.351 e. The molecule has 5 heteroatoms. The standard InChI is InChI=1S/C18H25N3O2/c1-13(22)16-12-15(17(23)19-11-10-18(2,3)4)20-21(16)14-8-6-5-7-9-14/h5-9,16H,10-12H2,1-4H3,(H,19,23). The van der Waals surface area contributed by atoms with E-state index in [0.29, 0.717) is 18.7 Å². The van der Waals surface area contributed by atoms with Gasteiger partial charge < -0.3 is 5.32 Å². The van der Waals surface area contributed by atoms with Crippen LogP contribution in [-0.4, -0.2) is 30.0 Å². The van der Waals surface area contributed by atoms with E-state index in [1.807, 2.05) is 30.3 Å². The monoisotopic (exact) mass is 315 g/mol. The average Bonchev–Trinajstić information content (AvgIpc) is 2.92. The Morgan fingerprint density at radius 1 is 1.26 bits per heavy atom. The van der Waals surface area contributed by atoms with Gasteiger partial charge in [0.25, 0.3) is 5.91 Å². The molecule has 0 aliphatic carbocycles. The number of amides is 1. The van der Waals surface area contributed by atoms with Crippen LogP contribution in [0.5, 0.6) is 0 Å². The van der Waals surface area contributed by atoms with Gasteiger partial charge in [-0.25, -0.2) is 0 Å². The predicted molar refractivity (Wildman–Crippen MR) is 92.5 cm³/mol. The summed E-state index contributed by atoms with van der Waals surface area (Å²) in [5, 5.41) is 8.95. The summed E-state index contributed by atoms with van der Waals surface area (Å²) in [6, 6.07) is 9.07. The highest BCUT2D eigenvalue weighted by atomic mass is 16.2. The topological polar surface area (TPSA) is 61.8 Å². The Labute approximate surface area is 137 Å². The lowest BCUT2D eigenvalue weighted by atomic mass is 9.92. The second kappa shape index (κ2) is 6.94.